The van der Waals surface area contributed by atoms with Crippen LogP contribution in [0.2, 0.25) is 0 Å². The van der Waals surface area contributed by atoms with Crippen LogP contribution in [0.3, 0.4) is 0 Å². The molecule has 3 N–H and O–H groups in total. The fourth-order valence-electron chi connectivity index (χ4n) is 2.83. The number of esters is 1. The number of hydrogen-bond acceptors (Lipinski definition) is 10. The standard InChI is InChI=1S/C17H20FN5O6/c1-4-17(29-15(25)9(2)27-6-5-26-3)10(24)7-11(28-17)23-8-20-12-13(19)21-16(18)22-14(12)23/h1,8-11,24H,5-7H2,2-3H3,(H2,19,21,22)/t9?,10-,11+,17+/m0/s1. The first kappa shape index (κ1) is 20.9. The van der Waals surface area contributed by atoms with E-state index in [1.807, 2.05) is 0 Å². The van der Waals surface area contributed by atoms with Crippen LogP contribution in [0.15, 0.2) is 6.33 Å². The van der Waals surface area contributed by atoms with Crippen molar-refractivity contribution in [1.82, 2.24) is 19.5 Å². The Balaban J connectivity index is 1.80. The van der Waals surface area contributed by atoms with Gasteiger partial charge in [0, 0.05) is 13.5 Å². The number of ether oxygens (including phenoxy) is 4. The molecule has 2 aromatic rings. The molecule has 0 aromatic carbocycles. The van der Waals surface area contributed by atoms with Gasteiger partial charge in [-0.05, 0) is 12.8 Å². The van der Waals surface area contributed by atoms with Gasteiger partial charge in [-0.1, -0.05) is 0 Å². The Kier molecular flexibility index (Phi) is 5.94. The number of aliphatic hydroxyl groups is 1. The molecule has 12 heteroatoms. The lowest BCUT2D eigenvalue weighted by Gasteiger charge is -2.27. The minimum absolute atomic E-state index is 0.0441. The summed E-state index contributed by atoms with van der Waals surface area (Å²) in [6, 6.07) is 0. The highest BCUT2D eigenvalue weighted by atomic mass is 19.1. The zero-order chi connectivity index (χ0) is 21.2. The van der Waals surface area contributed by atoms with Crippen molar-refractivity contribution >= 4 is 23.0 Å². The summed E-state index contributed by atoms with van der Waals surface area (Å²) in [5.74, 6) is -0.857. The van der Waals surface area contributed by atoms with E-state index in [2.05, 4.69) is 20.9 Å². The minimum Gasteiger partial charge on any atom is -0.416 e. The predicted molar refractivity (Wildman–Crippen MR) is 95.4 cm³/mol. The Morgan fingerprint density at radius 1 is 1.59 bits per heavy atom. The average molecular weight is 409 g/mol. The molecule has 4 atom stereocenters. The summed E-state index contributed by atoms with van der Waals surface area (Å²) in [5, 5.41) is 10.5. The number of carbonyl (C=O) groups is 1. The summed E-state index contributed by atoms with van der Waals surface area (Å²) < 4.78 is 35.9. The maximum absolute atomic E-state index is 13.6. The molecule has 0 spiro atoms. The van der Waals surface area contributed by atoms with Gasteiger partial charge in [0.25, 0.3) is 0 Å². The van der Waals surface area contributed by atoms with E-state index in [1.54, 1.807) is 0 Å². The Bertz CT molecular complexity index is 946. The fourth-order valence-corrected chi connectivity index (χ4v) is 2.83. The third kappa shape index (κ3) is 3.99. The number of halogens is 1. The van der Waals surface area contributed by atoms with Crippen molar-refractivity contribution in [2.45, 2.75) is 37.6 Å². The third-order valence-electron chi connectivity index (χ3n) is 4.35. The summed E-state index contributed by atoms with van der Waals surface area (Å²) in [6.07, 6.45) is 2.38. The van der Waals surface area contributed by atoms with E-state index < -0.39 is 36.3 Å². The number of rotatable bonds is 7. The molecular weight excluding hydrogens is 389 g/mol. The van der Waals surface area contributed by atoms with Crippen LogP contribution < -0.4 is 5.73 Å². The van der Waals surface area contributed by atoms with Crippen LogP contribution in [0.5, 0.6) is 0 Å². The van der Waals surface area contributed by atoms with Crippen LogP contribution in [0.1, 0.15) is 19.6 Å². The molecular formula is C17H20FN5O6. The van der Waals surface area contributed by atoms with Crippen molar-refractivity contribution in [2.75, 3.05) is 26.1 Å². The molecule has 3 heterocycles. The Morgan fingerprint density at radius 3 is 3.03 bits per heavy atom. The zero-order valence-corrected chi connectivity index (χ0v) is 15.7. The largest absolute Gasteiger partial charge is 0.416 e. The maximum Gasteiger partial charge on any atom is 0.338 e. The average Bonchev–Trinajstić information content (AvgIpc) is 3.23. The second-order valence-electron chi connectivity index (χ2n) is 6.26. The van der Waals surface area contributed by atoms with Gasteiger partial charge in [-0.2, -0.15) is 14.4 Å². The van der Waals surface area contributed by atoms with Gasteiger partial charge in [-0.3, -0.25) is 4.57 Å². The molecule has 0 radical (unpaired) electrons. The molecule has 29 heavy (non-hydrogen) atoms. The number of anilines is 1. The molecule has 0 amide bonds. The number of nitrogens with zero attached hydrogens (tertiary/aromatic N) is 4. The lowest BCUT2D eigenvalue weighted by atomic mass is 10.1. The van der Waals surface area contributed by atoms with Gasteiger partial charge in [-0.15, -0.1) is 6.42 Å². The van der Waals surface area contributed by atoms with E-state index in [1.165, 1.54) is 24.9 Å². The number of aromatic nitrogens is 4. The normalized spacial score (nSPS) is 25.1. The highest BCUT2D eigenvalue weighted by molar-refractivity contribution is 5.81. The Hall–Kier alpha value is -2.85. The van der Waals surface area contributed by atoms with Crippen LogP contribution >= 0.6 is 0 Å². The zero-order valence-electron chi connectivity index (χ0n) is 15.7. The van der Waals surface area contributed by atoms with E-state index in [0.717, 1.165) is 0 Å². The molecule has 1 unspecified atom stereocenters. The van der Waals surface area contributed by atoms with Gasteiger partial charge in [0.05, 0.1) is 19.5 Å². The van der Waals surface area contributed by atoms with E-state index in [9.17, 15) is 14.3 Å². The van der Waals surface area contributed by atoms with E-state index >= 15 is 0 Å². The summed E-state index contributed by atoms with van der Waals surface area (Å²) in [6.45, 7) is 1.91. The van der Waals surface area contributed by atoms with Gasteiger partial charge in [0.2, 0.25) is 0 Å². The van der Waals surface area contributed by atoms with Crippen LogP contribution in [-0.4, -0.2) is 68.9 Å². The van der Waals surface area contributed by atoms with E-state index in [-0.39, 0.29) is 36.6 Å². The number of nitrogens with two attached hydrogens (primary N) is 1. The number of hydrogen-bond donors (Lipinski definition) is 2. The third-order valence-corrected chi connectivity index (χ3v) is 4.35. The number of aliphatic hydroxyl groups excluding tert-OH is 1. The van der Waals surface area contributed by atoms with Crippen molar-refractivity contribution < 1.29 is 33.2 Å². The quantitative estimate of drug-likeness (QED) is 0.272. The summed E-state index contributed by atoms with van der Waals surface area (Å²) in [7, 11) is 1.49. The SMILES string of the molecule is C#C[C@]1(OC(=O)C(C)OCCOC)O[C@@H](n2cnc3c(N)nc(F)nc32)C[C@@H]1O. The van der Waals surface area contributed by atoms with Crippen molar-refractivity contribution in [2.24, 2.45) is 0 Å². The monoisotopic (exact) mass is 409 g/mol. The van der Waals surface area contributed by atoms with Gasteiger partial charge < -0.3 is 29.8 Å². The molecule has 0 bridgehead atoms. The molecule has 156 valence electrons. The summed E-state index contributed by atoms with van der Waals surface area (Å²) in [4.78, 5) is 23.4. The smallest absolute Gasteiger partial charge is 0.338 e. The van der Waals surface area contributed by atoms with Crippen LogP contribution in [0.4, 0.5) is 10.2 Å². The number of imidazole rings is 1. The van der Waals surface area contributed by atoms with E-state index in [0.29, 0.717) is 0 Å². The molecule has 1 saturated heterocycles. The first-order chi connectivity index (χ1) is 13.8. The highest BCUT2D eigenvalue weighted by Crippen LogP contribution is 2.39. The number of nitrogen functional groups attached to an aromatic ring is 1. The van der Waals surface area contributed by atoms with Crippen LogP contribution in [-0.2, 0) is 23.7 Å². The van der Waals surface area contributed by atoms with Crippen LogP contribution in [0.25, 0.3) is 11.2 Å². The van der Waals surface area contributed by atoms with Crippen LogP contribution in [0, 0.1) is 18.4 Å². The summed E-state index contributed by atoms with van der Waals surface area (Å²) in [5.41, 5.74) is 5.84. The molecule has 11 nitrogen and oxygen atoms in total. The van der Waals surface area contributed by atoms with Gasteiger partial charge in [0.15, 0.2) is 23.1 Å². The second kappa shape index (κ2) is 8.26. The number of fused-ring (bicyclic) bond motifs is 1. The van der Waals surface area contributed by atoms with E-state index in [4.69, 9.17) is 31.1 Å². The lowest BCUT2D eigenvalue weighted by molar-refractivity contribution is -0.233. The topological polar surface area (TPSA) is 144 Å². The lowest BCUT2D eigenvalue weighted by Crippen LogP contribution is -2.45. The number of carbonyl (C=O) groups excluding carboxylic acids is 1. The molecule has 1 aliphatic rings. The Morgan fingerprint density at radius 2 is 2.34 bits per heavy atom. The predicted octanol–water partition coefficient (Wildman–Crippen LogP) is -0.248. The molecule has 1 fully saturated rings. The minimum atomic E-state index is -2.06. The fraction of sp³-hybridized carbons (Fsp3) is 0.529. The van der Waals surface area contributed by atoms with Crippen molar-refractivity contribution in [3.63, 3.8) is 0 Å². The summed E-state index contributed by atoms with van der Waals surface area (Å²) >= 11 is 0. The van der Waals surface area contributed by atoms with Crippen molar-refractivity contribution in [3.05, 3.63) is 12.4 Å². The van der Waals surface area contributed by atoms with Crippen molar-refractivity contribution in [1.29, 1.82) is 0 Å². The van der Waals surface area contributed by atoms with Gasteiger partial charge in [0.1, 0.15) is 12.3 Å². The molecule has 2 aromatic heterocycles. The molecule has 0 saturated carbocycles. The molecule has 1 aliphatic heterocycles. The molecule has 3 rings (SSSR count). The van der Waals surface area contributed by atoms with Gasteiger partial charge >= 0.3 is 17.8 Å². The number of terminal acetylenes is 1. The highest BCUT2D eigenvalue weighted by Gasteiger charge is 2.52. The first-order valence-electron chi connectivity index (χ1n) is 8.64. The first-order valence-corrected chi connectivity index (χ1v) is 8.64. The molecule has 0 aliphatic carbocycles. The Labute approximate surface area is 164 Å². The van der Waals surface area contributed by atoms with Gasteiger partial charge in [-0.25, -0.2) is 9.78 Å². The van der Waals surface area contributed by atoms with Crippen molar-refractivity contribution in [3.8, 4) is 12.3 Å². The maximum atomic E-state index is 13.6. The number of methoxy groups -OCH3 is 1. The second-order valence-corrected chi connectivity index (χ2v) is 6.26.